The predicted molar refractivity (Wildman–Crippen MR) is 141 cm³/mol. The van der Waals surface area contributed by atoms with E-state index in [4.69, 9.17) is 10.9 Å². The maximum Gasteiger partial charge on any atom is 0.243 e. The second-order valence-corrected chi connectivity index (χ2v) is 7.72. The van der Waals surface area contributed by atoms with Crippen LogP contribution in [0.2, 0.25) is 0 Å². The van der Waals surface area contributed by atoms with Gasteiger partial charge in [0.05, 0.1) is 0 Å². The average molecular weight is 583 g/mol. The number of hydrogen-bond acceptors (Lipinski definition) is 6. The summed E-state index contributed by atoms with van der Waals surface area (Å²) in [6.45, 7) is 3.80. The Labute approximate surface area is 213 Å². The fourth-order valence-corrected chi connectivity index (χ4v) is 3.10. The Balaban J connectivity index is 0. The molecule has 1 aromatic carbocycles. The summed E-state index contributed by atoms with van der Waals surface area (Å²) in [6.07, 6.45) is 4.80. The molecule has 0 bridgehead atoms. The summed E-state index contributed by atoms with van der Waals surface area (Å²) in [5.41, 5.74) is 9.36. The number of amides is 2. The van der Waals surface area contributed by atoms with Gasteiger partial charge in [0.2, 0.25) is 11.8 Å². The van der Waals surface area contributed by atoms with E-state index in [2.05, 4.69) is 29.6 Å². The van der Waals surface area contributed by atoms with Crippen molar-refractivity contribution in [3.05, 3.63) is 29.8 Å². The smallest absolute Gasteiger partial charge is 0.243 e. The molecule has 0 radical (unpaired) electrons. The minimum atomic E-state index is -0.416. The van der Waals surface area contributed by atoms with E-state index < -0.39 is 5.91 Å². The molecule has 1 rings (SSSR count). The van der Waals surface area contributed by atoms with Crippen LogP contribution in [-0.2, 0) is 16.1 Å². The van der Waals surface area contributed by atoms with Gasteiger partial charge in [0.1, 0.15) is 0 Å². The third-order valence-electron chi connectivity index (χ3n) is 4.94. The first kappa shape index (κ1) is 33.0. The molecular weight excluding hydrogens is 542 g/mol. The number of nitrogens with one attached hydrogen (secondary N) is 2. The van der Waals surface area contributed by atoms with Crippen molar-refractivity contribution in [3.8, 4) is 0 Å². The lowest BCUT2D eigenvalue weighted by Gasteiger charge is -2.24. The Bertz CT molecular complexity index is 618. The number of hydroxylamine groups is 1. The molecule has 0 aliphatic heterocycles. The normalized spacial score (nSPS) is 10.0. The van der Waals surface area contributed by atoms with Gasteiger partial charge in [0.25, 0.3) is 0 Å². The number of carbonyl (C=O) groups is 2. The predicted octanol–water partition coefficient (Wildman–Crippen LogP) is 3.02. The Morgan fingerprint density at radius 3 is 2.16 bits per heavy atom. The molecule has 8 nitrogen and oxygen atoms in total. The Morgan fingerprint density at radius 2 is 1.56 bits per heavy atom. The molecule has 0 fully saturated rings. The van der Waals surface area contributed by atoms with E-state index in [0.717, 1.165) is 50.1 Å². The molecule has 0 atom stereocenters. The first-order chi connectivity index (χ1) is 14.5. The number of nitrogens with zero attached hydrogens (tertiary/aromatic N) is 2. The van der Waals surface area contributed by atoms with Crippen molar-refractivity contribution in [2.24, 2.45) is 5.73 Å². The van der Waals surface area contributed by atoms with Crippen molar-refractivity contribution in [1.29, 1.82) is 0 Å². The maximum absolute atomic E-state index is 12.8. The summed E-state index contributed by atoms with van der Waals surface area (Å²) < 4.78 is 0. The minimum Gasteiger partial charge on any atom is -0.378 e. The van der Waals surface area contributed by atoms with E-state index in [0.29, 0.717) is 32.4 Å². The first-order valence-electron chi connectivity index (χ1n) is 10.9. The second kappa shape index (κ2) is 20.4. The van der Waals surface area contributed by atoms with Gasteiger partial charge in [-0.2, -0.15) is 0 Å². The number of unbranched alkanes of at least 4 members (excludes halogenated alkanes) is 2. The van der Waals surface area contributed by atoms with Crippen LogP contribution in [0, 0.1) is 0 Å². The highest BCUT2D eigenvalue weighted by Crippen LogP contribution is 2.15. The molecule has 0 spiro atoms. The summed E-state index contributed by atoms with van der Waals surface area (Å²) in [4.78, 5) is 27.8. The van der Waals surface area contributed by atoms with E-state index in [1.54, 1.807) is 5.48 Å². The fraction of sp³-hybridized carbons (Fsp3) is 0.636. The van der Waals surface area contributed by atoms with Crippen molar-refractivity contribution in [2.45, 2.75) is 51.5 Å². The molecule has 0 aliphatic carbocycles. The van der Waals surface area contributed by atoms with Gasteiger partial charge in [0, 0.05) is 45.7 Å². The molecule has 0 heterocycles. The highest BCUT2D eigenvalue weighted by atomic mass is 79.9. The third kappa shape index (κ3) is 14.8. The van der Waals surface area contributed by atoms with Crippen molar-refractivity contribution < 1.29 is 14.8 Å². The Hall–Kier alpha value is -1.20. The number of rotatable bonds is 16. The summed E-state index contributed by atoms with van der Waals surface area (Å²) in [5, 5.41) is 12.0. The molecule has 2 amide bonds. The van der Waals surface area contributed by atoms with Gasteiger partial charge in [-0.25, -0.2) is 5.48 Å². The summed E-state index contributed by atoms with van der Waals surface area (Å²) in [6, 6.07) is 8.24. The van der Waals surface area contributed by atoms with Crippen LogP contribution in [0.5, 0.6) is 0 Å². The molecule has 0 aromatic heterocycles. The second-order valence-electron chi connectivity index (χ2n) is 7.72. The molecule has 0 unspecified atom stereocenters. The topological polar surface area (TPSA) is 111 Å². The van der Waals surface area contributed by atoms with Crippen LogP contribution in [0.25, 0.3) is 0 Å². The first-order valence-corrected chi connectivity index (χ1v) is 10.9. The highest BCUT2D eigenvalue weighted by molar-refractivity contribution is 8.93. The van der Waals surface area contributed by atoms with Crippen LogP contribution in [0.3, 0.4) is 0 Å². The summed E-state index contributed by atoms with van der Waals surface area (Å²) in [5.74, 6) is -0.319. The molecular formula is C22H41Br2N5O3. The standard InChI is InChI=1S/C22H39N5O3.2BrH/c1-26(2)20-12-10-19(11-13-20)18-27(17-7-16-24-15-6-5-14-23)22(29)9-4-3-8-21(28)25-30;;/h10-13,24,30H,3-9,14-18,23H2,1-2H3,(H,25,28);2*1H. The Morgan fingerprint density at radius 1 is 0.938 bits per heavy atom. The number of nitrogens with two attached hydrogens (primary N) is 1. The third-order valence-corrected chi connectivity index (χ3v) is 4.94. The van der Waals surface area contributed by atoms with E-state index in [9.17, 15) is 9.59 Å². The molecule has 0 saturated heterocycles. The summed E-state index contributed by atoms with van der Waals surface area (Å²) in [7, 11) is 4.00. The largest absolute Gasteiger partial charge is 0.378 e. The molecule has 1 aromatic rings. The van der Waals surface area contributed by atoms with E-state index in [-0.39, 0.29) is 46.3 Å². The van der Waals surface area contributed by atoms with Gasteiger partial charge < -0.3 is 20.9 Å². The zero-order valence-electron chi connectivity index (χ0n) is 19.3. The molecule has 0 saturated carbocycles. The van der Waals surface area contributed by atoms with Crippen molar-refractivity contribution in [2.75, 3.05) is 45.2 Å². The van der Waals surface area contributed by atoms with Crippen molar-refractivity contribution in [3.63, 3.8) is 0 Å². The van der Waals surface area contributed by atoms with E-state index in [1.165, 1.54) is 0 Å². The number of benzene rings is 1. The molecule has 0 aliphatic rings. The van der Waals surface area contributed by atoms with Gasteiger partial charge in [0.15, 0.2) is 0 Å². The minimum absolute atomic E-state index is 0. The lowest BCUT2D eigenvalue weighted by atomic mass is 10.1. The lowest BCUT2D eigenvalue weighted by Crippen LogP contribution is -2.33. The highest BCUT2D eigenvalue weighted by Gasteiger charge is 2.14. The fourth-order valence-electron chi connectivity index (χ4n) is 3.10. The van der Waals surface area contributed by atoms with Crippen molar-refractivity contribution >= 4 is 51.5 Å². The zero-order chi connectivity index (χ0) is 22.2. The van der Waals surface area contributed by atoms with Gasteiger partial charge >= 0.3 is 0 Å². The van der Waals surface area contributed by atoms with Crippen LogP contribution in [0.1, 0.15) is 50.5 Å². The molecule has 32 heavy (non-hydrogen) atoms. The molecule has 5 N–H and O–H groups in total. The number of halogens is 2. The van der Waals surface area contributed by atoms with Gasteiger partial charge in [-0.1, -0.05) is 12.1 Å². The monoisotopic (exact) mass is 581 g/mol. The average Bonchev–Trinajstić information content (AvgIpc) is 2.75. The van der Waals surface area contributed by atoms with E-state index >= 15 is 0 Å². The lowest BCUT2D eigenvalue weighted by molar-refractivity contribution is -0.132. The van der Waals surface area contributed by atoms with Gasteiger partial charge in [-0.15, -0.1) is 34.0 Å². The number of carbonyl (C=O) groups excluding carboxylic acids is 2. The van der Waals surface area contributed by atoms with Crippen LogP contribution >= 0.6 is 34.0 Å². The Kier molecular flexibility index (Phi) is 21.0. The summed E-state index contributed by atoms with van der Waals surface area (Å²) >= 11 is 0. The number of hydrogen-bond donors (Lipinski definition) is 4. The number of anilines is 1. The van der Waals surface area contributed by atoms with E-state index in [1.807, 2.05) is 23.9 Å². The van der Waals surface area contributed by atoms with Gasteiger partial charge in [-0.05, 0) is 69.4 Å². The molecule has 10 heteroatoms. The van der Waals surface area contributed by atoms with Crippen LogP contribution in [-0.4, -0.2) is 62.2 Å². The zero-order valence-corrected chi connectivity index (χ0v) is 22.8. The van der Waals surface area contributed by atoms with Crippen molar-refractivity contribution in [1.82, 2.24) is 15.7 Å². The quantitative estimate of drug-likeness (QED) is 0.135. The van der Waals surface area contributed by atoms with Gasteiger partial charge in [-0.3, -0.25) is 14.8 Å². The molecule has 186 valence electrons. The maximum atomic E-state index is 12.8. The van der Waals surface area contributed by atoms with Crippen LogP contribution < -0.4 is 21.4 Å². The van der Waals surface area contributed by atoms with Crippen LogP contribution in [0.4, 0.5) is 5.69 Å². The van der Waals surface area contributed by atoms with Crippen LogP contribution in [0.15, 0.2) is 24.3 Å². The SMILES string of the molecule is Br.Br.CN(C)c1ccc(CN(CCCNCCCCN)C(=O)CCCCC(=O)NO)cc1.